The molecule has 0 N–H and O–H groups in total. The summed E-state index contributed by atoms with van der Waals surface area (Å²) in [6.07, 6.45) is 0. The molecule has 0 saturated carbocycles. The van der Waals surface area contributed by atoms with Crippen molar-refractivity contribution in [1.29, 1.82) is 0 Å². The molecule has 0 amide bonds. The topological polar surface area (TPSA) is 48.0 Å². The number of carbonyl (C=O) groups excluding carboxylic acids is 1. The van der Waals surface area contributed by atoms with Crippen molar-refractivity contribution in [1.82, 2.24) is 4.90 Å². The highest BCUT2D eigenvalue weighted by atomic mass is 16.5. The van der Waals surface area contributed by atoms with Crippen LogP contribution >= 0.6 is 0 Å². The summed E-state index contributed by atoms with van der Waals surface area (Å²) in [7, 11) is 1.64. The summed E-state index contributed by atoms with van der Waals surface area (Å²) in [5, 5.41) is 0. The number of fused-ring (bicyclic) bond motifs is 2. The van der Waals surface area contributed by atoms with Gasteiger partial charge in [-0.2, -0.15) is 0 Å². The Balaban J connectivity index is 1.88. The van der Waals surface area contributed by atoms with Crippen molar-refractivity contribution in [3.8, 4) is 11.5 Å². The lowest BCUT2D eigenvalue weighted by molar-refractivity contribution is -0.155. The summed E-state index contributed by atoms with van der Waals surface area (Å²) in [5.41, 5.74) is 1.05. The van der Waals surface area contributed by atoms with E-state index in [0.717, 1.165) is 17.1 Å². The van der Waals surface area contributed by atoms with E-state index in [0.29, 0.717) is 26.3 Å². The van der Waals surface area contributed by atoms with Gasteiger partial charge in [0, 0.05) is 12.1 Å². The fourth-order valence-corrected chi connectivity index (χ4v) is 2.33. The van der Waals surface area contributed by atoms with Gasteiger partial charge >= 0.3 is 5.97 Å². The van der Waals surface area contributed by atoms with Gasteiger partial charge in [-0.05, 0) is 18.2 Å². The van der Waals surface area contributed by atoms with Crippen molar-refractivity contribution in [2.75, 3.05) is 26.9 Å². The molecule has 1 aromatic carbocycles. The lowest BCUT2D eigenvalue weighted by Gasteiger charge is -2.31. The minimum Gasteiger partial charge on any atom is -0.497 e. The number of esters is 1. The lowest BCUT2D eigenvalue weighted by atomic mass is 10.1. The van der Waals surface area contributed by atoms with E-state index in [1.807, 2.05) is 18.2 Å². The average molecular weight is 249 g/mol. The molecule has 0 radical (unpaired) electrons. The Hall–Kier alpha value is -1.75. The van der Waals surface area contributed by atoms with Gasteiger partial charge in [-0.15, -0.1) is 0 Å². The van der Waals surface area contributed by atoms with E-state index in [1.54, 1.807) is 7.11 Å². The van der Waals surface area contributed by atoms with E-state index in [4.69, 9.17) is 14.2 Å². The maximum atomic E-state index is 11.3. The molecule has 2 heterocycles. The number of hydrogen-bond acceptors (Lipinski definition) is 5. The Bertz CT molecular complexity index is 474. The number of morpholine rings is 1. The van der Waals surface area contributed by atoms with Crippen LogP contribution in [0.4, 0.5) is 0 Å². The minimum atomic E-state index is -0.169. The van der Waals surface area contributed by atoms with E-state index in [2.05, 4.69) is 4.90 Å². The third-order valence-electron chi connectivity index (χ3n) is 3.36. The number of hydrogen-bond donors (Lipinski definition) is 0. The number of benzene rings is 1. The molecule has 1 unspecified atom stereocenters. The first-order valence-electron chi connectivity index (χ1n) is 5.95. The van der Waals surface area contributed by atoms with Crippen molar-refractivity contribution < 1.29 is 19.0 Å². The molecule has 0 aromatic heterocycles. The highest BCUT2D eigenvalue weighted by Crippen LogP contribution is 2.29. The smallest absolute Gasteiger partial charge is 0.320 e. The molecule has 1 saturated heterocycles. The van der Waals surface area contributed by atoms with Gasteiger partial charge < -0.3 is 14.2 Å². The van der Waals surface area contributed by atoms with Gasteiger partial charge in [0.15, 0.2) is 0 Å². The van der Waals surface area contributed by atoms with E-state index in [-0.39, 0.29) is 12.0 Å². The molecule has 1 fully saturated rings. The van der Waals surface area contributed by atoms with Gasteiger partial charge in [0.1, 0.15) is 24.7 Å². The number of methoxy groups -OCH3 is 1. The zero-order valence-electron chi connectivity index (χ0n) is 10.2. The summed E-state index contributed by atoms with van der Waals surface area (Å²) in [4.78, 5) is 13.4. The first-order valence-corrected chi connectivity index (χ1v) is 5.95. The summed E-state index contributed by atoms with van der Waals surface area (Å²) in [5.74, 6) is 1.49. The maximum absolute atomic E-state index is 11.3. The quantitative estimate of drug-likeness (QED) is 0.689. The second-order valence-corrected chi connectivity index (χ2v) is 4.53. The van der Waals surface area contributed by atoms with Crippen molar-refractivity contribution in [3.05, 3.63) is 23.8 Å². The molecule has 96 valence electrons. The fourth-order valence-electron chi connectivity index (χ4n) is 2.33. The summed E-state index contributed by atoms with van der Waals surface area (Å²) in [6.45, 7) is 1.97. The Labute approximate surface area is 105 Å². The standard InChI is InChI=1S/C13H15NO4/c1-16-11-2-3-12-9(4-11)5-14-6-13(15)18-8-10(14)7-17-12/h2-4,10H,5-8H2,1H3. The van der Waals surface area contributed by atoms with Crippen molar-refractivity contribution >= 4 is 5.97 Å². The third-order valence-corrected chi connectivity index (χ3v) is 3.36. The zero-order chi connectivity index (χ0) is 12.5. The average Bonchev–Trinajstić information content (AvgIpc) is 2.56. The van der Waals surface area contributed by atoms with Gasteiger partial charge in [-0.25, -0.2) is 0 Å². The first kappa shape index (κ1) is 11.3. The molecule has 1 aromatic rings. The van der Waals surface area contributed by atoms with E-state index >= 15 is 0 Å². The van der Waals surface area contributed by atoms with Crippen LogP contribution in [0.25, 0.3) is 0 Å². The maximum Gasteiger partial charge on any atom is 0.320 e. The number of carbonyl (C=O) groups is 1. The third kappa shape index (κ3) is 2.01. The predicted octanol–water partition coefficient (Wildman–Crippen LogP) is 0.815. The first-order chi connectivity index (χ1) is 8.76. The molecule has 5 nitrogen and oxygen atoms in total. The lowest BCUT2D eigenvalue weighted by Crippen LogP contribution is -2.48. The van der Waals surface area contributed by atoms with Gasteiger partial charge in [-0.3, -0.25) is 9.69 Å². The van der Waals surface area contributed by atoms with Crippen LogP contribution in [0.3, 0.4) is 0 Å². The van der Waals surface area contributed by atoms with Gasteiger partial charge in [0.05, 0.1) is 19.7 Å². The van der Waals surface area contributed by atoms with E-state index < -0.39 is 0 Å². The van der Waals surface area contributed by atoms with Crippen LogP contribution < -0.4 is 9.47 Å². The van der Waals surface area contributed by atoms with Gasteiger partial charge in [0.25, 0.3) is 0 Å². The molecular formula is C13H15NO4. The number of cyclic esters (lactones) is 1. The molecule has 2 aliphatic rings. The highest BCUT2D eigenvalue weighted by Gasteiger charge is 2.31. The van der Waals surface area contributed by atoms with Crippen molar-refractivity contribution in [2.24, 2.45) is 0 Å². The monoisotopic (exact) mass is 249 g/mol. The molecule has 3 rings (SSSR count). The second kappa shape index (κ2) is 4.49. The summed E-state index contributed by atoms with van der Waals surface area (Å²) < 4.78 is 16.0. The SMILES string of the molecule is COc1ccc2c(c1)CN1CC(=O)OCC1CO2. The van der Waals surface area contributed by atoms with Crippen LogP contribution in [0.5, 0.6) is 11.5 Å². The van der Waals surface area contributed by atoms with Crippen LogP contribution in [-0.2, 0) is 16.1 Å². The normalized spacial score (nSPS) is 23.2. The van der Waals surface area contributed by atoms with E-state index in [9.17, 15) is 4.79 Å². The second-order valence-electron chi connectivity index (χ2n) is 4.53. The van der Waals surface area contributed by atoms with Crippen LogP contribution in [0.15, 0.2) is 18.2 Å². The highest BCUT2D eigenvalue weighted by molar-refractivity contribution is 5.72. The van der Waals surface area contributed by atoms with Crippen LogP contribution in [0.2, 0.25) is 0 Å². The van der Waals surface area contributed by atoms with Crippen LogP contribution in [0.1, 0.15) is 5.56 Å². The minimum absolute atomic E-state index is 0.140. The Morgan fingerprint density at radius 3 is 2.94 bits per heavy atom. The predicted molar refractivity (Wildman–Crippen MR) is 63.6 cm³/mol. The largest absolute Gasteiger partial charge is 0.497 e. The van der Waals surface area contributed by atoms with Gasteiger partial charge in [-0.1, -0.05) is 0 Å². The Morgan fingerprint density at radius 2 is 2.11 bits per heavy atom. The van der Waals surface area contributed by atoms with Gasteiger partial charge in [0.2, 0.25) is 0 Å². The molecule has 5 heteroatoms. The van der Waals surface area contributed by atoms with Crippen molar-refractivity contribution in [2.45, 2.75) is 12.6 Å². The Morgan fingerprint density at radius 1 is 1.28 bits per heavy atom. The molecule has 18 heavy (non-hydrogen) atoms. The fraction of sp³-hybridized carbons (Fsp3) is 0.462. The molecule has 0 bridgehead atoms. The number of ether oxygens (including phenoxy) is 3. The molecule has 1 atom stereocenters. The number of rotatable bonds is 1. The van der Waals surface area contributed by atoms with Crippen molar-refractivity contribution in [3.63, 3.8) is 0 Å². The zero-order valence-corrected chi connectivity index (χ0v) is 10.2. The number of nitrogens with zero attached hydrogens (tertiary/aromatic N) is 1. The molecular weight excluding hydrogens is 234 g/mol. The van der Waals surface area contributed by atoms with Crippen LogP contribution in [0, 0.1) is 0 Å². The molecule has 0 aliphatic carbocycles. The summed E-state index contributed by atoms with van der Waals surface area (Å²) >= 11 is 0. The molecule has 2 aliphatic heterocycles. The van der Waals surface area contributed by atoms with E-state index in [1.165, 1.54) is 0 Å². The molecule has 0 spiro atoms. The summed E-state index contributed by atoms with van der Waals surface area (Å²) in [6, 6.07) is 5.89. The Kier molecular flexibility index (Phi) is 2.83. The van der Waals surface area contributed by atoms with Crippen LogP contribution in [-0.4, -0.2) is 43.8 Å².